The topological polar surface area (TPSA) is 93.5 Å². The molecule has 0 aliphatic heterocycles. The summed E-state index contributed by atoms with van der Waals surface area (Å²) in [5, 5.41) is 19.5. The first-order chi connectivity index (χ1) is 10.2. The van der Waals surface area contributed by atoms with Gasteiger partial charge in [0.2, 0.25) is 5.95 Å². The number of anilines is 3. The summed E-state index contributed by atoms with van der Waals surface area (Å²) in [6.45, 7) is 0. The van der Waals surface area contributed by atoms with Crippen molar-refractivity contribution >= 4 is 28.5 Å². The minimum absolute atomic E-state index is 0.516. The van der Waals surface area contributed by atoms with E-state index in [1.54, 1.807) is 25.4 Å². The van der Waals surface area contributed by atoms with E-state index < -0.39 is 0 Å². The first-order valence-electron chi connectivity index (χ1n) is 6.35. The van der Waals surface area contributed by atoms with E-state index in [0.717, 1.165) is 16.9 Å². The molecule has 3 aromatic rings. The van der Waals surface area contributed by atoms with Crippen LogP contribution in [-0.4, -0.2) is 34.3 Å². The Kier molecular flexibility index (Phi) is 3.12. The van der Waals surface area contributed by atoms with Gasteiger partial charge in [0, 0.05) is 19.8 Å². The number of nitrogens with one attached hydrogen (secondary N) is 2. The summed E-state index contributed by atoms with van der Waals surface area (Å²) in [4.78, 5) is 10.7. The molecule has 104 valence electrons. The molecule has 7 heteroatoms. The third kappa shape index (κ3) is 2.23. The minimum atomic E-state index is 0.516. The van der Waals surface area contributed by atoms with Crippen LogP contribution >= 0.6 is 0 Å². The Labute approximate surface area is 121 Å². The monoisotopic (exact) mass is 279 g/mol. The van der Waals surface area contributed by atoms with E-state index in [1.165, 1.54) is 0 Å². The minimum Gasteiger partial charge on any atom is -0.357 e. The Balaban J connectivity index is 2.09. The number of nitrogens with zero attached hydrogens (tertiary/aromatic N) is 5. The molecule has 0 aliphatic rings. The number of hydrogen-bond acceptors (Lipinski definition) is 6. The van der Waals surface area contributed by atoms with Crippen LogP contribution in [0.2, 0.25) is 0 Å². The molecule has 0 radical (unpaired) electrons. The number of aromatic nitrogens is 4. The molecule has 2 heterocycles. The van der Waals surface area contributed by atoms with E-state index >= 15 is 0 Å². The van der Waals surface area contributed by atoms with Gasteiger partial charge in [0.25, 0.3) is 0 Å². The van der Waals surface area contributed by atoms with E-state index in [9.17, 15) is 0 Å². The highest BCUT2D eigenvalue weighted by atomic mass is 15.2. The molecule has 0 atom stereocenters. The largest absolute Gasteiger partial charge is 0.357 e. The van der Waals surface area contributed by atoms with Gasteiger partial charge < -0.3 is 10.2 Å². The summed E-state index contributed by atoms with van der Waals surface area (Å²) in [5.41, 5.74) is 2.22. The van der Waals surface area contributed by atoms with Gasteiger partial charge in [-0.15, -0.1) is 0 Å². The average Bonchev–Trinajstić information content (AvgIpc) is 3.01. The predicted octanol–water partition coefficient (Wildman–Crippen LogP) is 2.03. The van der Waals surface area contributed by atoms with Gasteiger partial charge in [-0.1, -0.05) is 0 Å². The fourth-order valence-corrected chi connectivity index (χ4v) is 2.07. The molecule has 2 N–H and O–H groups in total. The third-order valence-electron chi connectivity index (χ3n) is 3.21. The molecule has 0 saturated heterocycles. The maximum absolute atomic E-state index is 8.86. The van der Waals surface area contributed by atoms with E-state index in [-0.39, 0.29) is 0 Å². The summed E-state index contributed by atoms with van der Waals surface area (Å²) in [7, 11) is 3.68. The van der Waals surface area contributed by atoms with Gasteiger partial charge in [0.05, 0.1) is 23.2 Å². The first kappa shape index (κ1) is 12.9. The van der Waals surface area contributed by atoms with Crippen molar-refractivity contribution in [3.63, 3.8) is 0 Å². The summed E-state index contributed by atoms with van der Waals surface area (Å²) >= 11 is 0. The van der Waals surface area contributed by atoms with E-state index in [1.807, 2.05) is 24.1 Å². The number of aromatic amines is 1. The standard InChI is InChI=1S/C14H13N7/c1-16-14-18-12-11(8-17-20-12)13(19-14)21(2)10-5-3-9(7-15)4-6-10/h3-6,8H,1-2H3,(H2,16,17,18,19,20). The second-order valence-corrected chi connectivity index (χ2v) is 4.47. The smallest absolute Gasteiger partial charge is 0.226 e. The molecule has 0 bridgehead atoms. The summed E-state index contributed by atoms with van der Waals surface area (Å²) in [6, 6.07) is 9.42. The van der Waals surface area contributed by atoms with Crippen LogP contribution in [-0.2, 0) is 0 Å². The number of nitriles is 1. The molecular formula is C14H13N7. The van der Waals surface area contributed by atoms with Gasteiger partial charge in [-0.25, -0.2) is 0 Å². The van der Waals surface area contributed by atoms with Gasteiger partial charge in [-0.05, 0) is 24.3 Å². The highest BCUT2D eigenvalue weighted by Gasteiger charge is 2.14. The van der Waals surface area contributed by atoms with Crippen LogP contribution in [0.5, 0.6) is 0 Å². The van der Waals surface area contributed by atoms with Gasteiger partial charge in [0.15, 0.2) is 5.65 Å². The van der Waals surface area contributed by atoms with Crippen molar-refractivity contribution in [1.82, 2.24) is 20.2 Å². The van der Waals surface area contributed by atoms with Gasteiger partial charge in [-0.3, -0.25) is 5.10 Å². The molecule has 0 saturated carbocycles. The van der Waals surface area contributed by atoms with Crippen molar-refractivity contribution in [3.05, 3.63) is 36.0 Å². The Hall–Kier alpha value is -3.14. The molecule has 0 amide bonds. The quantitative estimate of drug-likeness (QED) is 0.762. The first-order valence-corrected chi connectivity index (χ1v) is 6.35. The van der Waals surface area contributed by atoms with Crippen LogP contribution < -0.4 is 10.2 Å². The van der Waals surface area contributed by atoms with Crippen molar-refractivity contribution < 1.29 is 0 Å². The van der Waals surface area contributed by atoms with Gasteiger partial charge >= 0.3 is 0 Å². The van der Waals surface area contributed by atoms with Gasteiger partial charge in [0.1, 0.15) is 5.82 Å². The maximum atomic E-state index is 8.86. The van der Waals surface area contributed by atoms with Crippen LogP contribution in [0.1, 0.15) is 5.56 Å². The lowest BCUT2D eigenvalue weighted by Crippen LogP contribution is -2.13. The van der Waals surface area contributed by atoms with Crippen molar-refractivity contribution in [2.45, 2.75) is 0 Å². The third-order valence-corrected chi connectivity index (χ3v) is 3.21. The van der Waals surface area contributed by atoms with Crippen LogP contribution in [0.3, 0.4) is 0 Å². The molecule has 0 fully saturated rings. The lowest BCUT2D eigenvalue weighted by Gasteiger charge is -2.19. The van der Waals surface area contributed by atoms with E-state index in [2.05, 4.69) is 31.6 Å². The van der Waals surface area contributed by atoms with Crippen LogP contribution in [0.25, 0.3) is 11.0 Å². The number of hydrogen-bond donors (Lipinski definition) is 2. The molecule has 21 heavy (non-hydrogen) atoms. The zero-order valence-electron chi connectivity index (χ0n) is 11.6. The highest BCUT2D eigenvalue weighted by molar-refractivity contribution is 5.89. The average molecular weight is 279 g/mol. The van der Waals surface area contributed by atoms with Crippen LogP contribution in [0.4, 0.5) is 17.5 Å². The lowest BCUT2D eigenvalue weighted by atomic mass is 10.2. The SMILES string of the molecule is CNc1nc(N(C)c2ccc(C#N)cc2)c2cn[nH]c2n1. The molecule has 0 spiro atoms. The second kappa shape index (κ2) is 5.09. The molecule has 1 aromatic carbocycles. The number of benzene rings is 1. The van der Waals surface area contributed by atoms with Crippen molar-refractivity contribution in [2.75, 3.05) is 24.3 Å². The zero-order valence-corrected chi connectivity index (χ0v) is 11.6. The number of H-pyrrole nitrogens is 1. The van der Waals surface area contributed by atoms with Gasteiger partial charge in [-0.2, -0.15) is 20.3 Å². The van der Waals surface area contributed by atoms with Crippen LogP contribution in [0.15, 0.2) is 30.5 Å². The Morgan fingerprint density at radius 1 is 1.24 bits per heavy atom. The molecule has 2 aromatic heterocycles. The van der Waals surface area contributed by atoms with Crippen LogP contribution in [0, 0.1) is 11.3 Å². The van der Waals surface area contributed by atoms with Crippen molar-refractivity contribution in [2.24, 2.45) is 0 Å². The second-order valence-electron chi connectivity index (χ2n) is 4.47. The summed E-state index contributed by atoms with van der Waals surface area (Å²) < 4.78 is 0. The predicted molar refractivity (Wildman–Crippen MR) is 80.5 cm³/mol. The summed E-state index contributed by atoms with van der Waals surface area (Å²) in [5.74, 6) is 1.25. The number of fused-ring (bicyclic) bond motifs is 1. The fraction of sp³-hybridized carbons (Fsp3) is 0.143. The van der Waals surface area contributed by atoms with Crippen molar-refractivity contribution in [3.8, 4) is 6.07 Å². The molecule has 7 nitrogen and oxygen atoms in total. The van der Waals surface area contributed by atoms with E-state index in [0.29, 0.717) is 17.2 Å². The molecule has 0 unspecified atom stereocenters. The Morgan fingerprint density at radius 3 is 2.67 bits per heavy atom. The summed E-state index contributed by atoms with van der Waals surface area (Å²) in [6.07, 6.45) is 1.70. The number of rotatable bonds is 3. The highest BCUT2D eigenvalue weighted by Crippen LogP contribution is 2.28. The normalized spacial score (nSPS) is 10.3. The van der Waals surface area contributed by atoms with Crippen molar-refractivity contribution in [1.29, 1.82) is 5.26 Å². The fourth-order valence-electron chi connectivity index (χ4n) is 2.07. The van der Waals surface area contributed by atoms with E-state index in [4.69, 9.17) is 5.26 Å². The maximum Gasteiger partial charge on any atom is 0.226 e. The molecule has 0 aliphatic carbocycles. The molecular weight excluding hydrogens is 266 g/mol. The zero-order chi connectivity index (χ0) is 14.8. The lowest BCUT2D eigenvalue weighted by molar-refractivity contribution is 1.08. The molecule has 3 rings (SSSR count). The Bertz CT molecular complexity index is 813. The Morgan fingerprint density at radius 2 is 2.00 bits per heavy atom.